The first kappa shape index (κ1) is 27.1. The molecule has 0 saturated carbocycles. The van der Waals surface area contributed by atoms with Crippen LogP contribution in [-0.4, -0.2) is 85.1 Å². The van der Waals surface area contributed by atoms with Crippen molar-refractivity contribution in [2.75, 3.05) is 31.3 Å². The number of aliphatic carboxylic acids is 3. The van der Waals surface area contributed by atoms with Crippen molar-refractivity contribution in [2.24, 2.45) is 0 Å². The predicted octanol–water partition coefficient (Wildman–Crippen LogP) is 2.15. The molecular weight excluding hydrogens is 496 g/mol. The van der Waals surface area contributed by atoms with Gasteiger partial charge in [0.2, 0.25) is 5.88 Å². The van der Waals surface area contributed by atoms with Crippen LogP contribution in [0.5, 0.6) is 5.88 Å². The maximum atomic E-state index is 10.3. The molecule has 0 spiro atoms. The van der Waals surface area contributed by atoms with Crippen molar-refractivity contribution in [3.05, 3.63) is 22.8 Å². The van der Waals surface area contributed by atoms with Crippen LogP contribution in [0.15, 0.2) is 22.8 Å². The zero-order valence-electron chi connectivity index (χ0n) is 16.9. The van der Waals surface area contributed by atoms with Gasteiger partial charge in [-0.25, -0.2) is 9.78 Å². The number of rotatable bonds is 12. The van der Waals surface area contributed by atoms with Crippen molar-refractivity contribution >= 4 is 45.6 Å². The highest BCUT2D eigenvalue weighted by atomic mass is 79.9. The van der Waals surface area contributed by atoms with E-state index >= 15 is 0 Å². The van der Waals surface area contributed by atoms with E-state index in [1.165, 1.54) is 37.6 Å². The Balaban J connectivity index is 0.000000330. The molecular formula is C19H27BrN2O8S. The van der Waals surface area contributed by atoms with Gasteiger partial charge in [-0.05, 0) is 47.8 Å². The summed E-state index contributed by atoms with van der Waals surface area (Å²) < 4.78 is 6.57. The zero-order chi connectivity index (χ0) is 23.3. The van der Waals surface area contributed by atoms with Gasteiger partial charge in [0.1, 0.15) is 0 Å². The van der Waals surface area contributed by atoms with Crippen molar-refractivity contribution in [3.8, 4) is 5.88 Å². The maximum absolute atomic E-state index is 10.3. The summed E-state index contributed by atoms with van der Waals surface area (Å²) in [6.45, 7) is 3.27. The topological polar surface area (TPSA) is 157 Å². The molecule has 10 nitrogen and oxygen atoms in total. The fraction of sp³-hybridized carbons (Fsp3) is 0.579. The summed E-state index contributed by atoms with van der Waals surface area (Å²) in [5.74, 6) is -1.78. The lowest BCUT2D eigenvalue weighted by atomic mass is 9.96. The van der Waals surface area contributed by atoms with Gasteiger partial charge in [-0.2, -0.15) is 0 Å². The molecule has 31 heavy (non-hydrogen) atoms. The number of halogens is 1. The van der Waals surface area contributed by atoms with E-state index in [9.17, 15) is 14.4 Å². The van der Waals surface area contributed by atoms with Gasteiger partial charge < -0.3 is 25.2 Å². The third-order valence-electron chi connectivity index (χ3n) is 4.18. The molecule has 0 atom stereocenters. The Kier molecular flexibility index (Phi) is 12.5. The molecule has 1 aromatic heterocycles. The van der Waals surface area contributed by atoms with E-state index in [-0.39, 0.29) is 0 Å². The summed E-state index contributed by atoms with van der Waals surface area (Å²) in [6, 6.07) is 3.85. The Bertz CT molecular complexity index is 697. The molecule has 0 aliphatic carbocycles. The third kappa shape index (κ3) is 11.9. The lowest BCUT2D eigenvalue weighted by molar-refractivity contribution is -0.170. The molecule has 1 aromatic rings. The highest BCUT2D eigenvalue weighted by Gasteiger charge is 2.40. The summed E-state index contributed by atoms with van der Waals surface area (Å²) >= 11 is 5.39. The summed E-state index contributed by atoms with van der Waals surface area (Å²) in [5, 5.41) is 33.8. The van der Waals surface area contributed by atoms with Crippen molar-refractivity contribution < 1.29 is 39.5 Å². The molecule has 1 saturated heterocycles. The second-order valence-corrected chi connectivity index (χ2v) is 8.85. The second kappa shape index (κ2) is 14.2. The van der Waals surface area contributed by atoms with Gasteiger partial charge in [-0.15, -0.1) is 11.8 Å². The molecule has 0 amide bonds. The fourth-order valence-corrected chi connectivity index (χ4v) is 3.85. The molecule has 2 heterocycles. The van der Waals surface area contributed by atoms with Gasteiger partial charge in [-0.3, -0.25) is 14.5 Å². The highest BCUT2D eigenvalue weighted by molar-refractivity contribution is 9.10. The van der Waals surface area contributed by atoms with Crippen molar-refractivity contribution in [1.29, 1.82) is 0 Å². The van der Waals surface area contributed by atoms with Crippen LogP contribution >= 0.6 is 27.7 Å². The molecule has 0 unspecified atom stereocenters. The molecule has 1 aliphatic rings. The number of aromatic nitrogens is 1. The first-order chi connectivity index (χ1) is 14.6. The molecule has 174 valence electrons. The number of carboxylic acids is 3. The van der Waals surface area contributed by atoms with Gasteiger partial charge in [0.25, 0.3) is 0 Å². The van der Waals surface area contributed by atoms with E-state index in [0.29, 0.717) is 5.88 Å². The summed E-state index contributed by atoms with van der Waals surface area (Å²) in [5.41, 5.74) is -2.74. The van der Waals surface area contributed by atoms with Crippen LogP contribution < -0.4 is 4.74 Å². The Morgan fingerprint density at radius 1 is 1.13 bits per heavy atom. The number of thioether (sulfide) groups is 1. The maximum Gasteiger partial charge on any atom is 0.336 e. The first-order valence-electron chi connectivity index (χ1n) is 9.56. The molecule has 0 aromatic carbocycles. The van der Waals surface area contributed by atoms with Gasteiger partial charge in [-0.1, -0.05) is 0 Å². The first-order valence-corrected chi connectivity index (χ1v) is 11.5. The standard InChI is InChI=1S/C13H19BrN2OS.C6H8O7/c14-12-4-5-13(15-10-12)17-8-3-1-2-6-16-7-9-18-11-16;7-3(8)1-6(13,5(11)12)2-4(9)10/h4-5,10H,1-3,6-9,11H2;13H,1-2H2,(H,7,8)(H,9,10)(H,11,12). The smallest absolute Gasteiger partial charge is 0.336 e. The van der Waals surface area contributed by atoms with Crippen molar-refractivity contribution in [1.82, 2.24) is 9.88 Å². The summed E-state index contributed by atoms with van der Waals surface area (Å²) in [4.78, 5) is 37.2. The predicted molar refractivity (Wildman–Crippen MR) is 117 cm³/mol. The van der Waals surface area contributed by atoms with Crippen LogP contribution in [0.2, 0.25) is 0 Å². The minimum Gasteiger partial charge on any atom is -0.481 e. The lowest BCUT2D eigenvalue weighted by Crippen LogP contribution is -2.42. The lowest BCUT2D eigenvalue weighted by Gasteiger charge is -2.18. The summed E-state index contributed by atoms with van der Waals surface area (Å²) in [7, 11) is 0. The second-order valence-electron chi connectivity index (χ2n) is 6.86. The number of carboxylic acid groups (broad SMARTS) is 3. The normalized spacial score (nSPS) is 13.9. The van der Waals surface area contributed by atoms with Crippen molar-refractivity contribution in [2.45, 2.75) is 37.7 Å². The Hall–Kier alpha value is -1.89. The number of aliphatic hydroxyl groups is 1. The monoisotopic (exact) mass is 522 g/mol. The summed E-state index contributed by atoms with van der Waals surface area (Å²) in [6.07, 6.45) is 3.09. The molecule has 4 N–H and O–H groups in total. The van der Waals surface area contributed by atoms with Gasteiger partial charge in [0, 0.05) is 34.9 Å². The van der Waals surface area contributed by atoms with E-state index in [0.717, 1.165) is 17.5 Å². The average Bonchev–Trinajstić information content (AvgIpc) is 3.18. The number of hydrogen-bond acceptors (Lipinski definition) is 8. The van der Waals surface area contributed by atoms with Gasteiger partial charge >= 0.3 is 17.9 Å². The number of pyridine rings is 1. The Labute approximate surface area is 192 Å². The highest BCUT2D eigenvalue weighted by Crippen LogP contribution is 2.16. The van der Waals surface area contributed by atoms with Crippen LogP contribution in [0.1, 0.15) is 32.1 Å². The number of carbonyl (C=O) groups is 3. The van der Waals surface area contributed by atoms with E-state index in [1.807, 2.05) is 23.9 Å². The molecule has 0 radical (unpaired) electrons. The van der Waals surface area contributed by atoms with Crippen LogP contribution in [0.4, 0.5) is 0 Å². The van der Waals surface area contributed by atoms with E-state index in [1.54, 1.807) is 6.20 Å². The number of ether oxygens (including phenoxy) is 1. The van der Waals surface area contributed by atoms with E-state index in [2.05, 4.69) is 25.8 Å². The molecule has 12 heteroatoms. The van der Waals surface area contributed by atoms with E-state index < -0.39 is 36.4 Å². The molecule has 1 aliphatic heterocycles. The largest absolute Gasteiger partial charge is 0.481 e. The minimum absolute atomic E-state index is 0.717. The SMILES string of the molecule is Brc1ccc(OCCCCCN2CCSC2)nc1.O=C(O)CC(O)(CC(=O)O)C(=O)O. The Morgan fingerprint density at radius 3 is 2.29 bits per heavy atom. The number of hydrogen-bond donors (Lipinski definition) is 4. The van der Waals surface area contributed by atoms with Gasteiger partial charge in [0.15, 0.2) is 5.60 Å². The molecule has 0 bridgehead atoms. The van der Waals surface area contributed by atoms with Crippen LogP contribution in [0.25, 0.3) is 0 Å². The quantitative estimate of drug-likeness (QED) is 0.298. The molecule has 1 fully saturated rings. The zero-order valence-corrected chi connectivity index (χ0v) is 19.3. The van der Waals surface area contributed by atoms with Crippen LogP contribution in [0.3, 0.4) is 0 Å². The van der Waals surface area contributed by atoms with Gasteiger partial charge in [0.05, 0.1) is 19.4 Å². The van der Waals surface area contributed by atoms with E-state index in [4.69, 9.17) is 25.2 Å². The van der Waals surface area contributed by atoms with Crippen molar-refractivity contribution in [3.63, 3.8) is 0 Å². The van der Waals surface area contributed by atoms with Crippen LogP contribution in [0, 0.1) is 0 Å². The molecule has 2 rings (SSSR count). The average molecular weight is 523 g/mol. The number of nitrogens with zero attached hydrogens (tertiary/aromatic N) is 2. The van der Waals surface area contributed by atoms with Crippen LogP contribution in [-0.2, 0) is 14.4 Å². The minimum atomic E-state index is -2.74. The third-order valence-corrected chi connectivity index (χ3v) is 5.67. The number of unbranched alkanes of at least 4 members (excludes halogenated alkanes) is 2. The Morgan fingerprint density at radius 2 is 1.81 bits per heavy atom. The fourth-order valence-electron chi connectivity index (χ4n) is 2.58.